The van der Waals surface area contributed by atoms with Gasteiger partial charge in [-0.1, -0.05) is 67.4 Å². The van der Waals surface area contributed by atoms with Gasteiger partial charge in [0.2, 0.25) is 0 Å². The topological polar surface area (TPSA) is 55.4 Å². The fourth-order valence-electron chi connectivity index (χ4n) is 3.12. The van der Waals surface area contributed by atoms with Gasteiger partial charge < -0.3 is 5.32 Å². The second-order valence-corrected chi connectivity index (χ2v) is 10.4. The summed E-state index contributed by atoms with van der Waals surface area (Å²) in [5, 5.41) is 4.02. The standard InChI is InChI=1S/C21H27Cl2NO3S/c1-14(2)24-19(16-8-6-15(3)7-9-16)21(4,23)20(27-28(5,25)26)17-10-12-18(22)13-11-17/h6-14,19-20,24H,1-5H3/t19-,20-,21-/m0/s1. The maximum atomic E-state index is 12.0. The Kier molecular flexibility index (Phi) is 7.56. The third-order valence-electron chi connectivity index (χ3n) is 4.43. The monoisotopic (exact) mass is 443 g/mol. The SMILES string of the molecule is Cc1ccc([C@H](NC(C)C)[C@](C)(Cl)[C@@H](OS(C)(=O)=O)c2ccc(Cl)cc2)cc1. The number of halogens is 2. The summed E-state index contributed by atoms with van der Waals surface area (Å²) in [6.45, 7) is 7.84. The Bertz CT molecular complexity index is 879. The summed E-state index contributed by atoms with van der Waals surface area (Å²) < 4.78 is 29.5. The highest BCUT2D eigenvalue weighted by atomic mass is 35.5. The van der Waals surface area contributed by atoms with Gasteiger partial charge in [0.1, 0.15) is 6.10 Å². The molecule has 0 aromatic heterocycles. The Morgan fingerprint density at radius 2 is 1.50 bits per heavy atom. The van der Waals surface area contributed by atoms with Crippen molar-refractivity contribution in [1.29, 1.82) is 0 Å². The van der Waals surface area contributed by atoms with Crippen LogP contribution < -0.4 is 5.32 Å². The molecule has 0 aliphatic carbocycles. The van der Waals surface area contributed by atoms with Crippen molar-refractivity contribution in [2.75, 3.05) is 6.26 Å². The minimum absolute atomic E-state index is 0.119. The summed E-state index contributed by atoms with van der Waals surface area (Å²) in [6, 6.07) is 14.6. The molecule has 1 N–H and O–H groups in total. The van der Waals surface area contributed by atoms with Crippen molar-refractivity contribution >= 4 is 33.3 Å². The largest absolute Gasteiger partial charge is 0.306 e. The molecule has 0 aliphatic heterocycles. The lowest BCUT2D eigenvalue weighted by molar-refractivity contribution is 0.141. The van der Waals surface area contributed by atoms with E-state index < -0.39 is 21.1 Å². The maximum Gasteiger partial charge on any atom is 0.265 e. The fraction of sp³-hybridized carbons (Fsp3) is 0.429. The van der Waals surface area contributed by atoms with Crippen LogP contribution in [0.2, 0.25) is 5.02 Å². The first-order valence-electron chi connectivity index (χ1n) is 9.05. The highest BCUT2D eigenvalue weighted by Crippen LogP contribution is 2.45. The Balaban J connectivity index is 2.57. The minimum atomic E-state index is -3.76. The Morgan fingerprint density at radius 1 is 1.00 bits per heavy atom. The molecule has 2 aromatic carbocycles. The van der Waals surface area contributed by atoms with E-state index in [9.17, 15) is 8.42 Å². The van der Waals surface area contributed by atoms with Crippen LogP contribution in [0.1, 0.15) is 49.6 Å². The zero-order chi connectivity index (χ0) is 21.1. The van der Waals surface area contributed by atoms with Crippen LogP contribution in [0, 0.1) is 6.92 Å². The lowest BCUT2D eigenvalue weighted by atomic mass is 9.85. The van der Waals surface area contributed by atoms with E-state index in [1.54, 1.807) is 31.2 Å². The van der Waals surface area contributed by atoms with E-state index in [0.29, 0.717) is 10.6 Å². The first-order valence-corrected chi connectivity index (χ1v) is 11.6. The summed E-state index contributed by atoms with van der Waals surface area (Å²) in [6.07, 6.45) is 0.110. The van der Waals surface area contributed by atoms with Crippen molar-refractivity contribution in [1.82, 2.24) is 5.32 Å². The molecule has 0 amide bonds. The highest BCUT2D eigenvalue weighted by Gasteiger charge is 2.44. The predicted octanol–water partition coefficient (Wildman–Crippen LogP) is 5.40. The van der Waals surface area contributed by atoms with Crippen LogP contribution >= 0.6 is 23.2 Å². The van der Waals surface area contributed by atoms with E-state index in [2.05, 4.69) is 5.32 Å². The lowest BCUT2D eigenvalue weighted by Gasteiger charge is -2.40. The molecule has 0 fully saturated rings. The first kappa shape index (κ1) is 23.2. The van der Waals surface area contributed by atoms with E-state index >= 15 is 0 Å². The van der Waals surface area contributed by atoms with Gasteiger partial charge in [0.25, 0.3) is 10.1 Å². The Labute approximate surface area is 178 Å². The van der Waals surface area contributed by atoms with Gasteiger partial charge in [0.05, 0.1) is 17.2 Å². The highest BCUT2D eigenvalue weighted by molar-refractivity contribution is 7.86. The van der Waals surface area contributed by atoms with Crippen molar-refractivity contribution in [3.8, 4) is 0 Å². The second-order valence-electron chi connectivity index (χ2n) is 7.55. The van der Waals surface area contributed by atoms with Crippen LogP contribution in [0.25, 0.3) is 0 Å². The van der Waals surface area contributed by atoms with Crippen LogP contribution in [0.4, 0.5) is 0 Å². The fourth-order valence-corrected chi connectivity index (χ4v) is 4.32. The summed E-state index contributed by atoms with van der Waals surface area (Å²) >= 11 is 13.1. The van der Waals surface area contributed by atoms with Crippen molar-refractivity contribution in [2.24, 2.45) is 0 Å². The zero-order valence-corrected chi connectivity index (χ0v) is 19.1. The number of hydrogen-bond donors (Lipinski definition) is 1. The third kappa shape index (κ3) is 6.19. The summed E-state index contributed by atoms with van der Waals surface area (Å²) in [4.78, 5) is -1.11. The molecule has 0 saturated carbocycles. The normalized spacial score (nSPS) is 16.6. The molecule has 7 heteroatoms. The van der Waals surface area contributed by atoms with E-state index in [1.807, 2.05) is 45.0 Å². The summed E-state index contributed by atoms with van der Waals surface area (Å²) in [5.41, 5.74) is 2.72. The number of aryl methyl sites for hydroxylation is 1. The van der Waals surface area contributed by atoms with Gasteiger partial charge >= 0.3 is 0 Å². The molecule has 2 aromatic rings. The number of alkyl halides is 1. The summed E-state index contributed by atoms with van der Waals surface area (Å²) in [5.74, 6) is 0. The molecule has 0 unspecified atom stereocenters. The average molecular weight is 444 g/mol. The maximum absolute atomic E-state index is 12.0. The van der Waals surface area contributed by atoms with Crippen LogP contribution in [0.3, 0.4) is 0 Å². The molecule has 0 heterocycles. The summed E-state index contributed by atoms with van der Waals surface area (Å²) in [7, 11) is -3.76. The van der Waals surface area contributed by atoms with E-state index in [1.165, 1.54) is 0 Å². The predicted molar refractivity (Wildman–Crippen MR) is 117 cm³/mol. The van der Waals surface area contributed by atoms with Crippen LogP contribution in [-0.4, -0.2) is 25.6 Å². The van der Waals surface area contributed by atoms with Gasteiger partial charge in [-0.3, -0.25) is 4.18 Å². The molecule has 2 rings (SSSR count). The smallest absolute Gasteiger partial charge is 0.265 e. The average Bonchev–Trinajstić information content (AvgIpc) is 2.58. The first-order chi connectivity index (χ1) is 12.9. The number of nitrogens with one attached hydrogen (secondary N) is 1. The number of benzene rings is 2. The molecule has 0 bridgehead atoms. The van der Waals surface area contributed by atoms with Crippen LogP contribution in [0.15, 0.2) is 48.5 Å². The van der Waals surface area contributed by atoms with Crippen LogP contribution in [-0.2, 0) is 14.3 Å². The van der Waals surface area contributed by atoms with Crippen molar-refractivity contribution in [2.45, 2.75) is 50.8 Å². The number of hydrogen-bond acceptors (Lipinski definition) is 4. The molecule has 28 heavy (non-hydrogen) atoms. The van der Waals surface area contributed by atoms with Gasteiger partial charge in [0, 0.05) is 11.1 Å². The minimum Gasteiger partial charge on any atom is -0.306 e. The molecular formula is C21H27Cl2NO3S. The van der Waals surface area contributed by atoms with Crippen LogP contribution in [0.5, 0.6) is 0 Å². The van der Waals surface area contributed by atoms with Gasteiger partial charge in [-0.15, -0.1) is 11.6 Å². The molecular weight excluding hydrogens is 417 g/mol. The van der Waals surface area contributed by atoms with Gasteiger partial charge in [-0.2, -0.15) is 8.42 Å². The van der Waals surface area contributed by atoms with Crippen molar-refractivity contribution in [3.05, 3.63) is 70.2 Å². The zero-order valence-electron chi connectivity index (χ0n) is 16.7. The van der Waals surface area contributed by atoms with Crippen molar-refractivity contribution in [3.63, 3.8) is 0 Å². The molecule has 154 valence electrons. The molecule has 0 aliphatic rings. The quantitative estimate of drug-likeness (QED) is 0.438. The third-order valence-corrected chi connectivity index (χ3v) is 5.64. The van der Waals surface area contributed by atoms with Gasteiger partial charge in [-0.25, -0.2) is 0 Å². The molecule has 0 radical (unpaired) electrons. The Morgan fingerprint density at radius 3 is 1.96 bits per heavy atom. The van der Waals surface area contributed by atoms with Gasteiger partial charge in [-0.05, 0) is 37.1 Å². The van der Waals surface area contributed by atoms with Gasteiger partial charge in [0.15, 0.2) is 0 Å². The second kappa shape index (κ2) is 9.14. The molecule has 3 atom stereocenters. The van der Waals surface area contributed by atoms with E-state index in [4.69, 9.17) is 27.4 Å². The number of rotatable bonds is 8. The van der Waals surface area contributed by atoms with E-state index in [0.717, 1.165) is 17.4 Å². The molecule has 0 spiro atoms. The molecule has 0 saturated heterocycles. The van der Waals surface area contributed by atoms with Crippen molar-refractivity contribution < 1.29 is 12.6 Å². The Hall–Kier alpha value is -1.11. The lowest BCUT2D eigenvalue weighted by Crippen LogP contribution is -2.45. The van der Waals surface area contributed by atoms with E-state index in [-0.39, 0.29) is 12.1 Å². The molecule has 4 nitrogen and oxygen atoms in total.